The van der Waals surface area contributed by atoms with Crippen LogP contribution < -0.4 is 11.1 Å². The molecule has 1 rings (SSSR count). The van der Waals surface area contributed by atoms with E-state index >= 15 is 0 Å². The number of amides is 1. The van der Waals surface area contributed by atoms with Gasteiger partial charge in [0.15, 0.2) is 0 Å². The van der Waals surface area contributed by atoms with Gasteiger partial charge in [0.05, 0.1) is 11.3 Å². The number of halogens is 1. The zero-order valence-corrected chi connectivity index (χ0v) is 12.2. The number of aromatic carboxylic acids is 1. The Bertz CT molecular complexity index is 477. The molecule has 0 aliphatic carbocycles. The average molecular weight is 329 g/mol. The van der Waals surface area contributed by atoms with Crippen LogP contribution in [0.1, 0.15) is 30.1 Å². The van der Waals surface area contributed by atoms with E-state index in [-0.39, 0.29) is 17.4 Å². The Balaban J connectivity index is 2.81. The zero-order chi connectivity index (χ0) is 14.4. The van der Waals surface area contributed by atoms with Crippen molar-refractivity contribution in [1.29, 1.82) is 0 Å². The third kappa shape index (κ3) is 4.65. The van der Waals surface area contributed by atoms with Crippen LogP contribution in [-0.4, -0.2) is 23.5 Å². The molecule has 0 heterocycles. The van der Waals surface area contributed by atoms with E-state index in [4.69, 9.17) is 10.8 Å². The number of nitrogens with two attached hydrogens (primary N) is 1. The molecule has 0 aliphatic rings. The van der Waals surface area contributed by atoms with Crippen molar-refractivity contribution in [3.63, 3.8) is 0 Å². The molecular formula is C13H17BrN2O3. The lowest BCUT2D eigenvalue weighted by Crippen LogP contribution is -2.22. The number of carbonyl (C=O) groups is 2. The van der Waals surface area contributed by atoms with Crippen molar-refractivity contribution >= 4 is 33.5 Å². The van der Waals surface area contributed by atoms with Gasteiger partial charge in [0.25, 0.3) is 0 Å². The minimum Gasteiger partial charge on any atom is -0.478 e. The molecule has 1 atom stereocenters. The van der Waals surface area contributed by atoms with Crippen LogP contribution in [0, 0.1) is 5.92 Å². The maximum atomic E-state index is 11.9. The molecule has 0 saturated heterocycles. The fourth-order valence-electron chi connectivity index (χ4n) is 1.61. The summed E-state index contributed by atoms with van der Waals surface area (Å²) in [5.41, 5.74) is 5.76. The molecular weight excluding hydrogens is 312 g/mol. The highest BCUT2D eigenvalue weighted by molar-refractivity contribution is 9.10. The normalized spacial score (nSPS) is 11.9. The Morgan fingerprint density at radius 3 is 2.74 bits per heavy atom. The van der Waals surface area contributed by atoms with Crippen LogP contribution >= 0.6 is 15.9 Å². The van der Waals surface area contributed by atoms with E-state index < -0.39 is 5.97 Å². The standard InChI is InChI=1S/C13H17BrN2O3/c1-8(3-2-6-15)12(17)16-11-5-4-9(14)7-10(11)13(18)19/h4-5,7-8H,2-3,6,15H2,1H3,(H,16,17)(H,18,19). The number of hydrogen-bond donors (Lipinski definition) is 3. The van der Waals surface area contributed by atoms with E-state index in [1.54, 1.807) is 19.1 Å². The second-order valence-electron chi connectivity index (χ2n) is 4.32. The van der Waals surface area contributed by atoms with E-state index in [2.05, 4.69) is 21.2 Å². The van der Waals surface area contributed by atoms with Crippen LogP contribution in [0.25, 0.3) is 0 Å². The highest BCUT2D eigenvalue weighted by Crippen LogP contribution is 2.22. The van der Waals surface area contributed by atoms with Crippen molar-refractivity contribution in [2.45, 2.75) is 19.8 Å². The van der Waals surface area contributed by atoms with Crippen molar-refractivity contribution in [2.24, 2.45) is 11.7 Å². The largest absolute Gasteiger partial charge is 0.478 e. The van der Waals surface area contributed by atoms with Crippen molar-refractivity contribution in [2.75, 3.05) is 11.9 Å². The Kier molecular flexibility index (Phi) is 5.98. The van der Waals surface area contributed by atoms with Gasteiger partial charge < -0.3 is 16.2 Å². The SMILES string of the molecule is CC(CCCN)C(=O)Nc1ccc(Br)cc1C(=O)O. The van der Waals surface area contributed by atoms with Crippen LogP contribution in [0.2, 0.25) is 0 Å². The molecule has 104 valence electrons. The first-order chi connectivity index (χ1) is 8.95. The summed E-state index contributed by atoms with van der Waals surface area (Å²) in [6, 6.07) is 4.72. The lowest BCUT2D eigenvalue weighted by atomic mass is 10.0. The minimum absolute atomic E-state index is 0.0637. The zero-order valence-electron chi connectivity index (χ0n) is 10.6. The first kappa shape index (κ1) is 15.7. The molecule has 1 aromatic rings. The predicted octanol–water partition coefficient (Wildman–Crippen LogP) is 2.46. The molecule has 1 amide bonds. The molecule has 1 aromatic carbocycles. The fraction of sp³-hybridized carbons (Fsp3) is 0.385. The number of carbonyl (C=O) groups excluding carboxylic acids is 1. The Hall–Kier alpha value is -1.40. The quantitative estimate of drug-likeness (QED) is 0.747. The van der Waals surface area contributed by atoms with Gasteiger partial charge >= 0.3 is 5.97 Å². The van der Waals surface area contributed by atoms with Gasteiger partial charge in [-0.25, -0.2) is 4.79 Å². The van der Waals surface area contributed by atoms with Gasteiger partial charge in [0.1, 0.15) is 0 Å². The summed E-state index contributed by atoms with van der Waals surface area (Å²) in [5, 5.41) is 11.7. The van der Waals surface area contributed by atoms with Crippen LogP contribution in [0.15, 0.2) is 22.7 Å². The number of hydrogen-bond acceptors (Lipinski definition) is 3. The van der Waals surface area contributed by atoms with Crippen molar-refractivity contribution in [1.82, 2.24) is 0 Å². The number of benzene rings is 1. The molecule has 0 aliphatic heterocycles. The highest BCUT2D eigenvalue weighted by atomic mass is 79.9. The first-order valence-electron chi connectivity index (χ1n) is 5.99. The number of nitrogens with one attached hydrogen (secondary N) is 1. The molecule has 0 spiro atoms. The van der Waals surface area contributed by atoms with E-state index in [1.807, 2.05) is 0 Å². The molecule has 0 aromatic heterocycles. The Morgan fingerprint density at radius 2 is 2.16 bits per heavy atom. The first-order valence-corrected chi connectivity index (χ1v) is 6.78. The van der Waals surface area contributed by atoms with Gasteiger partial charge in [0.2, 0.25) is 5.91 Å². The molecule has 5 nitrogen and oxygen atoms in total. The van der Waals surface area contributed by atoms with Gasteiger partial charge in [-0.15, -0.1) is 0 Å². The second kappa shape index (κ2) is 7.25. The topological polar surface area (TPSA) is 92.4 Å². The average Bonchev–Trinajstić information content (AvgIpc) is 2.37. The third-order valence-corrected chi connectivity index (χ3v) is 3.25. The molecule has 4 N–H and O–H groups in total. The molecule has 0 fully saturated rings. The van der Waals surface area contributed by atoms with E-state index in [0.717, 1.165) is 6.42 Å². The molecule has 6 heteroatoms. The highest BCUT2D eigenvalue weighted by Gasteiger charge is 2.16. The number of carboxylic acids is 1. The van der Waals surface area contributed by atoms with Crippen LogP contribution in [0.3, 0.4) is 0 Å². The molecule has 0 saturated carbocycles. The lowest BCUT2D eigenvalue weighted by molar-refractivity contribution is -0.119. The van der Waals surface area contributed by atoms with Crippen molar-refractivity contribution < 1.29 is 14.7 Å². The maximum absolute atomic E-state index is 11.9. The van der Waals surface area contributed by atoms with E-state index in [9.17, 15) is 9.59 Å². The summed E-state index contributed by atoms with van der Waals surface area (Å²) in [6.45, 7) is 2.33. The Morgan fingerprint density at radius 1 is 1.47 bits per heavy atom. The van der Waals surface area contributed by atoms with Crippen LogP contribution in [-0.2, 0) is 4.79 Å². The van der Waals surface area contributed by atoms with E-state index in [1.165, 1.54) is 6.07 Å². The summed E-state index contributed by atoms with van der Waals surface area (Å²) in [4.78, 5) is 23.0. The molecule has 1 unspecified atom stereocenters. The molecule has 0 radical (unpaired) electrons. The minimum atomic E-state index is -1.08. The smallest absolute Gasteiger partial charge is 0.337 e. The fourth-order valence-corrected chi connectivity index (χ4v) is 1.97. The summed E-state index contributed by atoms with van der Waals surface area (Å²) >= 11 is 3.20. The molecule has 19 heavy (non-hydrogen) atoms. The van der Waals surface area contributed by atoms with Crippen LogP contribution in [0.4, 0.5) is 5.69 Å². The summed E-state index contributed by atoms with van der Waals surface area (Å²) in [7, 11) is 0. The lowest BCUT2D eigenvalue weighted by Gasteiger charge is -2.13. The van der Waals surface area contributed by atoms with Gasteiger partial charge in [-0.05, 0) is 37.6 Å². The van der Waals surface area contributed by atoms with Crippen molar-refractivity contribution in [3.8, 4) is 0 Å². The van der Waals surface area contributed by atoms with Gasteiger partial charge in [0, 0.05) is 10.4 Å². The summed E-state index contributed by atoms with van der Waals surface area (Å²) < 4.78 is 0.652. The summed E-state index contributed by atoms with van der Waals surface area (Å²) in [6.07, 6.45) is 1.45. The van der Waals surface area contributed by atoms with Gasteiger partial charge in [-0.3, -0.25) is 4.79 Å². The monoisotopic (exact) mass is 328 g/mol. The number of carboxylic acid groups (broad SMARTS) is 1. The molecule has 0 bridgehead atoms. The van der Waals surface area contributed by atoms with Gasteiger partial charge in [-0.2, -0.15) is 0 Å². The van der Waals surface area contributed by atoms with E-state index in [0.29, 0.717) is 23.1 Å². The summed E-state index contributed by atoms with van der Waals surface area (Å²) in [5.74, 6) is -1.47. The van der Waals surface area contributed by atoms with Crippen molar-refractivity contribution in [3.05, 3.63) is 28.2 Å². The van der Waals surface area contributed by atoms with Crippen LogP contribution in [0.5, 0.6) is 0 Å². The number of rotatable bonds is 6. The number of anilines is 1. The third-order valence-electron chi connectivity index (χ3n) is 2.76. The predicted molar refractivity (Wildman–Crippen MR) is 77.2 cm³/mol. The second-order valence-corrected chi connectivity index (χ2v) is 5.23. The Labute approximate surface area is 120 Å². The maximum Gasteiger partial charge on any atom is 0.337 e. The van der Waals surface area contributed by atoms with Gasteiger partial charge in [-0.1, -0.05) is 22.9 Å².